The number of hydrogen-bond acceptors (Lipinski definition) is 2. The summed E-state index contributed by atoms with van der Waals surface area (Å²) in [6, 6.07) is 4.03. The Kier molecular flexibility index (Phi) is 3.45. The van der Waals surface area contributed by atoms with Crippen molar-refractivity contribution in [3.8, 4) is 0 Å². The van der Waals surface area contributed by atoms with Gasteiger partial charge in [0.15, 0.2) is 0 Å². The van der Waals surface area contributed by atoms with Gasteiger partial charge in [-0.1, -0.05) is 23.8 Å². The standard InChI is InChI=1S/C12H12ClFN2O/c13-8-2-4-11(10(14)6-8)16-12(17)7-1-3-9(15)5-7/h1-4,6-7,9H,5,15H2,(H,16,17). The maximum atomic E-state index is 13.4. The lowest BCUT2D eigenvalue weighted by atomic mass is 10.1. The van der Waals surface area contributed by atoms with Gasteiger partial charge in [-0.3, -0.25) is 4.79 Å². The molecule has 0 saturated heterocycles. The van der Waals surface area contributed by atoms with Crippen LogP contribution in [0.4, 0.5) is 10.1 Å². The molecule has 0 saturated carbocycles. The average Bonchev–Trinajstić information content (AvgIpc) is 2.69. The van der Waals surface area contributed by atoms with E-state index < -0.39 is 5.82 Å². The molecule has 3 nitrogen and oxygen atoms in total. The first-order valence-corrected chi connectivity index (χ1v) is 5.64. The minimum absolute atomic E-state index is 0.0965. The Morgan fingerprint density at radius 3 is 2.82 bits per heavy atom. The predicted molar refractivity (Wildman–Crippen MR) is 65.3 cm³/mol. The van der Waals surface area contributed by atoms with E-state index in [-0.39, 0.29) is 23.6 Å². The molecule has 0 bridgehead atoms. The SMILES string of the molecule is NC1C=CC(C(=O)Nc2ccc(Cl)cc2F)C1. The van der Waals surface area contributed by atoms with Crippen molar-refractivity contribution in [3.05, 3.63) is 41.2 Å². The number of benzene rings is 1. The number of halogens is 2. The molecule has 0 radical (unpaired) electrons. The second-order valence-electron chi connectivity index (χ2n) is 4.00. The molecule has 0 fully saturated rings. The second-order valence-corrected chi connectivity index (χ2v) is 4.44. The van der Waals surface area contributed by atoms with Crippen LogP contribution in [0.25, 0.3) is 0 Å². The Bertz CT molecular complexity index is 476. The van der Waals surface area contributed by atoms with Gasteiger partial charge in [0.2, 0.25) is 5.91 Å². The Balaban J connectivity index is 2.06. The molecule has 2 rings (SSSR count). The smallest absolute Gasteiger partial charge is 0.231 e. The van der Waals surface area contributed by atoms with Crippen LogP contribution in [-0.2, 0) is 4.79 Å². The lowest BCUT2D eigenvalue weighted by Crippen LogP contribution is -2.24. The van der Waals surface area contributed by atoms with Crippen molar-refractivity contribution in [1.29, 1.82) is 0 Å². The van der Waals surface area contributed by atoms with Crippen molar-refractivity contribution in [2.24, 2.45) is 11.7 Å². The van der Waals surface area contributed by atoms with Crippen LogP contribution in [0.15, 0.2) is 30.4 Å². The fourth-order valence-electron chi connectivity index (χ4n) is 1.74. The summed E-state index contributed by atoms with van der Waals surface area (Å²) in [6.07, 6.45) is 4.08. The normalized spacial score (nSPS) is 22.8. The quantitative estimate of drug-likeness (QED) is 0.796. The second kappa shape index (κ2) is 4.85. The van der Waals surface area contributed by atoms with Gasteiger partial charge in [-0.15, -0.1) is 0 Å². The van der Waals surface area contributed by atoms with E-state index in [9.17, 15) is 9.18 Å². The molecule has 5 heteroatoms. The minimum atomic E-state index is -0.544. The molecular weight excluding hydrogens is 243 g/mol. The monoisotopic (exact) mass is 254 g/mol. The summed E-state index contributed by atoms with van der Waals surface area (Å²) in [4.78, 5) is 11.8. The van der Waals surface area contributed by atoms with Crippen molar-refractivity contribution in [2.75, 3.05) is 5.32 Å². The molecular formula is C12H12ClFN2O. The molecule has 0 heterocycles. The Morgan fingerprint density at radius 1 is 1.47 bits per heavy atom. The van der Waals surface area contributed by atoms with E-state index in [4.69, 9.17) is 17.3 Å². The minimum Gasteiger partial charge on any atom is -0.324 e. The van der Waals surface area contributed by atoms with Crippen molar-refractivity contribution >= 4 is 23.2 Å². The third kappa shape index (κ3) is 2.84. The number of hydrogen-bond donors (Lipinski definition) is 2. The van der Waals surface area contributed by atoms with Crippen LogP contribution in [0.1, 0.15) is 6.42 Å². The van der Waals surface area contributed by atoms with Gasteiger partial charge in [0.05, 0.1) is 11.6 Å². The molecule has 1 aliphatic rings. The van der Waals surface area contributed by atoms with Gasteiger partial charge in [0.1, 0.15) is 5.82 Å². The number of amides is 1. The highest BCUT2D eigenvalue weighted by molar-refractivity contribution is 6.30. The van der Waals surface area contributed by atoms with Gasteiger partial charge in [-0.25, -0.2) is 4.39 Å². The van der Waals surface area contributed by atoms with Crippen molar-refractivity contribution in [2.45, 2.75) is 12.5 Å². The van der Waals surface area contributed by atoms with Crippen molar-refractivity contribution in [1.82, 2.24) is 0 Å². The lowest BCUT2D eigenvalue weighted by Gasteiger charge is -2.11. The summed E-state index contributed by atoms with van der Waals surface area (Å²) in [6.45, 7) is 0. The summed E-state index contributed by atoms with van der Waals surface area (Å²) in [7, 11) is 0. The zero-order valence-corrected chi connectivity index (χ0v) is 9.75. The van der Waals surface area contributed by atoms with Gasteiger partial charge in [-0.2, -0.15) is 0 Å². The van der Waals surface area contributed by atoms with Gasteiger partial charge in [0, 0.05) is 11.1 Å². The highest BCUT2D eigenvalue weighted by atomic mass is 35.5. The predicted octanol–water partition coefficient (Wildman–Crippen LogP) is 2.32. The number of carbonyl (C=O) groups is 1. The Morgan fingerprint density at radius 2 is 2.24 bits per heavy atom. The number of carbonyl (C=O) groups excluding carboxylic acids is 1. The Hall–Kier alpha value is -1.39. The van der Waals surface area contributed by atoms with Crippen LogP contribution in [0.5, 0.6) is 0 Å². The van der Waals surface area contributed by atoms with Crippen LogP contribution in [0.3, 0.4) is 0 Å². The van der Waals surface area contributed by atoms with Crippen LogP contribution >= 0.6 is 11.6 Å². The zero-order valence-electron chi connectivity index (χ0n) is 8.99. The molecule has 0 aromatic heterocycles. The Labute approximate surface area is 103 Å². The third-order valence-corrected chi connectivity index (χ3v) is 2.88. The van der Waals surface area contributed by atoms with Crippen LogP contribution in [-0.4, -0.2) is 11.9 Å². The van der Waals surface area contributed by atoms with E-state index in [0.717, 1.165) is 6.07 Å². The van der Waals surface area contributed by atoms with Crippen molar-refractivity contribution < 1.29 is 9.18 Å². The first kappa shape index (κ1) is 12.1. The molecule has 1 aromatic rings. The molecule has 90 valence electrons. The molecule has 0 aliphatic heterocycles. The van der Waals surface area contributed by atoms with Crippen LogP contribution < -0.4 is 11.1 Å². The summed E-state index contributed by atoms with van der Waals surface area (Å²) in [5.41, 5.74) is 5.78. The maximum absolute atomic E-state index is 13.4. The molecule has 1 amide bonds. The van der Waals surface area contributed by atoms with Gasteiger partial charge in [0.25, 0.3) is 0 Å². The van der Waals surface area contributed by atoms with Crippen molar-refractivity contribution in [3.63, 3.8) is 0 Å². The van der Waals surface area contributed by atoms with E-state index >= 15 is 0 Å². The molecule has 17 heavy (non-hydrogen) atoms. The molecule has 1 aliphatic carbocycles. The number of rotatable bonds is 2. The summed E-state index contributed by atoms with van der Waals surface area (Å²) < 4.78 is 13.4. The van der Waals surface area contributed by atoms with E-state index in [1.54, 1.807) is 12.2 Å². The third-order valence-electron chi connectivity index (χ3n) is 2.64. The molecule has 0 spiro atoms. The first-order chi connectivity index (χ1) is 8.06. The van der Waals surface area contributed by atoms with Gasteiger partial charge >= 0.3 is 0 Å². The molecule has 1 aromatic carbocycles. The van der Waals surface area contributed by atoms with Gasteiger partial charge < -0.3 is 11.1 Å². The first-order valence-electron chi connectivity index (χ1n) is 5.26. The molecule has 3 N–H and O–H groups in total. The van der Waals surface area contributed by atoms with Crippen LogP contribution in [0.2, 0.25) is 5.02 Å². The summed E-state index contributed by atoms with van der Waals surface area (Å²) in [5, 5.41) is 2.82. The van der Waals surface area contributed by atoms with Crippen LogP contribution in [0, 0.1) is 11.7 Å². The summed E-state index contributed by atoms with van der Waals surface area (Å²) in [5.74, 6) is -1.09. The van der Waals surface area contributed by atoms with E-state index in [2.05, 4.69) is 5.32 Å². The average molecular weight is 255 g/mol. The van der Waals surface area contributed by atoms with Gasteiger partial charge in [-0.05, 0) is 24.6 Å². The van der Waals surface area contributed by atoms with E-state index in [0.29, 0.717) is 11.4 Å². The fourth-order valence-corrected chi connectivity index (χ4v) is 1.90. The largest absolute Gasteiger partial charge is 0.324 e. The van der Waals surface area contributed by atoms with E-state index in [1.807, 2.05) is 0 Å². The number of nitrogens with two attached hydrogens (primary N) is 1. The maximum Gasteiger partial charge on any atom is 0.231 e. The molecule has 2 unspecified atom stereocenters. The highest BCUT2D eigenvalue weighted by Crippen LogP contribution is 2.22. The van der Waals surface area contributed by atoms with E-state index in [1.165, 1.54) is 12.1 Å². The fraction of sp³-hybridized carbons (Fsp3) is 0.250. The lowest BCUT2D eigenvalue weighted by molar-refractivity contribution is -0.118. The highest BCUT2D eigenvalue weighted by Gasteiger charge is 2.23. The zero-order chi connectivity index (χ0) is 12.4. The summed E-state index contributed by atoms with van der Waals surface area (Å²) >= 11 is 5.62. The number of anilines is 1. The molecule has 2 atom stereocenters. The number of nitrogens with one attached hydrogen (secondary N) is 1. The topological polar surface area (TPSA) is 55.1 Å².